The lowest BCUT2D eigenvalue weighted by Crippen LogP contribution is -2.49. The average Bonchev–Trinajstić information content (AvgIpc) is 2.75. The van der Waals surface area contributed by atoms with Crippen LogP contribution in [-0.4, -0.2) is 49.8 Å². The van der Waals surface area contributed by atoms with Crippen LogP contribution in [0.15, 0.2) is 24.3 Å². The topological polar surface area (TPSA) is 50.8 Å². The molecule has 1 aromatic carbocycles. The van der Waals surface area contributed by atoms with Crippen LogP contribution in [0.1, 0.15) is 20.3 Å². The van der Waals surface area contributed by atoms with Crippen LogP contribution in [-0.2, 0) is 9.53 Å². The third-order valence-electron chi connectivity index (χ3n) is 4.04. The maximum absolute atomic E-state index is 12.5. The van der Waals surface area contributed by atoms with Gasteiger partial charge in [-0.2, -0.15) is 0 Å². The van der Waals surface area contributed by atoms with Gasteiger partial charge in [0.25, 0.3) is 0 Å². The molecule has 21 heavy (non-hydrogen) atoms. The fourth-order valence-electron chi connectivity index (χ4n) is 2.84. The van der Waals surface area contributed by atoms with E-state index in [1.54, 1.807) is 7.11 Å². The van der Waals surface area contributed by atoms with Gasteiger partial charge in [-0.25, -0.2) is 4.79 Å². The van der Waals surface area contributed by atoms with E-state index in [1.165, 1.54) is 0 Å². The van der Waals surface area contributed by atoms with Gasteiger partial charge in [0, 0.05) is 24.3 Å². The monoisotopic (exact) mass is 292 g/mol. The van der Waals surface area contributed by atoms with Crippen molar-refractivity contribution in [1.82, 2.24) is 4.90 Å². The van der Waals surface area contributed by atoms with Crippen molar-refractivity contribution >= 4 is 11.7 Å². The zero-order valence-corrected chi connectivity index (χ0v) is 13.2. The third-order valence-corrected chi connectivity index (χ3v) is 4.04. The van der Waals surface area contributed by atoms with Crippen LogP contribution in [0.2, 0.25) is 0 Å². The fourth-order valence-corrected chi connectivity index (χ4v) is 2.84. The summed E-state index contributed by atoms with van der Waals surface area (Å²) < 4.78 is 10.5. The zero-order valence-electron chi connectivity index (χ0n) is 13.2. The summed E-state index contributed by atoms with van der Waals surface area (Å²) in [7, 11) is 3.66. The molecule has 1 fully saturated rings. The van der Waals surface area contributed by atoms with Crippen LogP contribution >= 0.6 is 0 Å². The number of hydrogen-bond acceptors (Lipinski definition) is 5. The first kappa shape index (κ1) is 15.6. The second kappa shape index (κ2) is 6.35. The number of anilines is 1. The van der Waals surface area contributed by atoms with Crippen molar-refractivity contribution in [2.45, 2.75) is 31.8 Å². The highest BCUT2D eigenvalue weighted by atomic mass is 16.5. The molecule has 5 nitrogen and oxygen atoms in total. The number of esters is 1. The molecule has 5 heteroatoms. The van der Waals surface area contributed by atoms with E-state index in [1.807, 2.05) is 38.2 Å². The fraction of sp³-hybridized carbons (Fsp3) is 0.562. The number of ether oxygens (including phenoxy) is 2. The highest BCUT2D eigenvalue weighted by Gasteiger charge is 2.48. The number of benzene rings is 1. The molecule has 0 bridgehead atoms. The summed E-state index contributed by atoms with van der Waals surface area (Å²) >= 11 is 0. The van der Waals surface area contributed by atoms with Gasteiger partial charge in [-0.15, -0.1) is 0 Å². The number of carbonyl (C=O) groups excluding carboxylic acids is 1. The molecule has 0 aromatic heterocycles. The van der Waals surface area contributed by atoms with Gasteiger partial charge in [0.15, 0.2) is 0 Å². The van der Waals surface area contributed by atoms with Gasteiger partial charge in [0.05, 0.1) is 13.7 Å². The van der Waals surface area contributed by atoms with Crippen LogP contribution in [0.3, 0.4) is 0 Å². The summed E-state index contributed by atoms with van der Waals surface area (Å²) in [5, 5.41) is 3.38. The summed E-state index contributed by atoms with van der Waals surface area (Å²) in [6, 6.07) is 7.94. The van der Waals surface area contributed by atoms with E-state index in [0.717, 1.165) is 17.9 Å². The first-order valence-corrected chi connectivity index (χ1v) is 7.30. The highest BCUT2D eigenvalue weighted by molar-refractivity contribution is 5.85. The predicted molar refractivity (Wildman–Crippen MR) is 82.7 cm³/mol. The maximum Gasteiger partial charge on any atom is 0.333 e. The number of nitrogens with one attached hydrogen (secondary N) is 1. The van der Waals surface area contributed by atoms with Crippen LogP contribution < -0.4 is 10.1 Å². The standard InChI is InChI=1S/C16H24N2O3/c1-5-21-15(19)16(10-12(2)18(3)11-16)17-13-7-6-8-14(9-13)20-4/h6-9,12,17H,5,10-11H2,1-4H3. The van der Waals surface area contributed by atoms with Gasteiger partial charge in [-0.3, -0.25) is 0 Å². The smallest absolute Gasteiger partial charge is 0.333 e. The minimum absolute atomic E-state index is 0.191. The quantitative estimate of drug-likeness (QED) is 0.843. The molecule has 1 aliphatic rings. The van der Waals surface area contributed by atoms with Crippen molar-refractivity contribution in [2.75, 3.05) is 32.6 Å². The van der Waals surface area contributed by atoms with E-state index < -0.39 is 5.54 Å². The van der Waals surface area contributed by atoms with Gasteiger partial charge >= 0.3 is 5.97 Å². The molecule has 0 amide bonds. The summed E-state index contributed by atoms with van der Waals surface area (Å²) in [4.78, 5) is 14.6. The minimum Gasteiger partial charge on any atom is -0.497 e. The molecule has 116 valence electrons. The predicted octanol–water partition coefficient (Wildman–Crippen LogP) is 2.13. The van der Waals surface area contributed by atoms with Crippen LogP contribution in [0.25, 0.3) is 0 Å². The van der Waals surface area contributed by atoms with Crippen molar-refractivity contribution < 1.29 is 14.3 Å². The molecule has 0 radical (unpaired) electrons. The van der Waals surface area contributed by atoms with E-state index in [4.69, 9.17) is 9.47 Å². The number of methoxy groups -OCH3 is 1. The molecule has 2 unspecified atom stereocenters. The number of rotatable bonds is 5. The summed E-state index contributed by atoms with van der Waals surface area (Å²) in [5.74, 6) is 0.572. The van der Waals surface area contributed by atoms with Crippen molar-refractivity contribution in [3.8, 4) is 5.75 Å². The van der Waals surface area contributed by atoms with Gasteiger partial charge in [-0.1, -0.05) is 6.07 Å². The van der Waals surface area contributed by atoms with Gasteiger partial charge in [-0.05, 0) is 39.4 Å². The van der Waals surface area contributed by atoms with Crippen molar-refractivity contribution in [2.24, 2.45) is 0 Å². The van der Waals surface area contributed by atoms with Crippen molar-refractivity contribution in [1.29, 1.82) is 0 Å². The lowest BCUT2D eigenvalue weighted by Gasteiger charge is -2.29. The van der Waals surface area contributed by atoms with Gasteiger partial charge < -0.3 is 19.7 Å². The minimum atomic E-state index is -0.698. The van der Waals surface area contributed by atoms with Crippen LogP contribution in [0.5, 0.6) is 5.75 Å². The average molecular weight is 292 g/mol. The second-order valence-electron chi connectivity index (χ2n) is 5.63. The van der Waals surface area contributed by atoms with E-state index in [-0.39, 0.29) is 5.97 Å². The molecule has 1 saturated heterocycles. The molecule has 1 aromatic rings. The molecular weight excluding hydrogens is 268 g/mol. The van der Waals surface area contributed by atoms with E-state index >= 15 is 0 Å². The Morgan fingerprint density at radius 3 is 2.86 bits per heavy atom. The molecular formula is C16H24N2O3. The van der Waals surface area contributed by atoms with Crippen LogP contribution in [0, 0.1) is 0 Å². The highest BCUT2D eigenvalue weighted by Crippen LogP contribution is 2.32. The number of likely N-dealkylation sites (N-methyl/N-ethyl adjacent to an activating group) is 1. The van der Waals surface area contributed by atoms with Gasteiger partial charge in [0.2, 0.25) is 0 Å². The first-order chi connectivity index (χ1) is 10.0. The third kappa shape index (κ3) is 3.29. The van der Waals surface area contributed by atoms with E-state index in [0.29, 0.717) is 19.2 Å². The Hall–Kier alpha value is -1.75. The molecule has 0 saturated carbocycles. The maximum atomic E-state index is 12.5. The SMILES string of the molecule is CCOC(=O)C1(Nc2cccc(OC)c2)CC(C)N(C)C1. The van der Waals surface area contributed by atoms with Crippen LogP contribution in [0.4, 0.5) is 5.69 Å². The van der Waals surface area contributed by atoms with Crippen molar-refractivity contribution in [3.63, 3.8) is 0 Å². The Morgan fingerprint density at radius 1 is 1.52 bits per heavy atom. The molecule has 0 aliphatic carbocycles. The summed E-state index contributed by atoms with van der Waals surface area (Å²) in [6.45, 7) is 4.97. The number of likely N-dealkylation sites (tertiary alicyclic amines) is 1. The Labute approximate surface area is 126 Å². The Bertz CT molecular complexity index is 494. The first-order valence-electron chi connectivity index (χ1n) is 7.30. The molecule has 2 atom stereocenters. The summed E-state index contributed by atoms with van der Waals surface area (Å²) in [5.41, 5.74) is 0.168. The summed E-state index contributed by atoms with van der Waals surface area (Å²) in [6.07, 6.45) is 0.722. The van der Waals surface area contributed by atoms with E-state index in [9.17, 15) is 4.79 Å². The Balaban J connectivity index is 2.26. The molecule has 1 aliphatic heterocycles. The largest absolute Gasteiger partial charge is 0.497 e. The molecule has 1 heterocycles. The zero-order chi connectivity index (χ0) is 15.5. The van der Waals surface area contributed by atoms with E-state index in [2.05, 4.69) is 17.1 Å². The lowest BCUT2D eigenvalue weighted by molar-refractivity contribution is -0.148. The number of nitrogens with zero attached hydrogens (tertiary/aromatic N) is 1. The number of hydrogen-bond donors (Lipinski definition) is 1. The van der Waals surface area contributed by atoms with Crippen molar-refractivity contribution in [3.05, 3.63) is 24.3 Å². The van der Waals surface area contributed by atoms with Gasteiger partial charge in [0.1, 0.15) is 11.3 Å². The Kier molecular flexibility index (Phi) is 4.73. The second-order valence-corrected chi connectivity index (χ2v) is 5.63. The molecule has 1 N–H and O–H groups in total. The Morgan fingerprint density at radius 2 is 2.29 bits per heavy atom. The number of carbonyl (C=O) groups is 1. The normalized spacial score (nSPS) is 25.6. The molecule has 2 rings (SSSR count). The lowest BCUT2D eigenvalue weighted by atomic mass is 9.95. The molecule has 0 spiro atoms.